The molecule has 0 bridgehead atoms. The van der Waals surface area contributed by atoms with E-state index >= 15 is 0 Å². The molecule has 2 aromatic heterocycles. The highest BCUT2D eigenvalue weighted by Crippen LogP contribution is 2.37. The summed E-state index contributed by atoms with van der Waals surface area (Å²) >= 11 is 1.56. The number of rotatable bonds is 4. The van der Waals surface area contributed by atoms with Crippen LogP contribution in [0.5, 0.6) is 0 Å². The first-order chi connectivity index (χ1) is 13.8. The molecule has 1 fully saturated rings. The van der Waals surface area contributed by atoms with Gasteiger partial charge in [0, 0.05) is 11.5 Å². The van der Waals surface area contributed by atoms with Crippen LogP contribution >= 0.6 is 11.3 Å². The fraction of sp³-hybridized carbons (Fsp3) is 0.381. The Morgan fingerprint density at radius 3 is 2.93 bits per heavy atom. The van der Waals surface area contributed by atoms with E-state index in [0.717, 1.165) is 37.8 Å². The number of ether oxygens (including phenoxy) is 1. The van der Waals surface area contributed by atoms with E-state index in [9.17, 15) is 4.79 Å². The predicted molar refractivity (Wildman–Crippen MR) is 106 cm³/mol. The van der Waals surface area contributed by atoms with Crippen molar-refractivity contribution in [1.82, 2.24) is 9.97 Å². The van der Waals surface area contributed by atoms with Gasteiger partial charge in [0.1, 0.15) is 6.10 Å². The minimum Gasteiger partial charge on any atom is -0.445 e. The van der Waals surface area contributed by atoms with Gasteiger partial charge in [-0.1, -0.05) is 30.3 Å². The van der Waals surface area contributed by atoms with E-state index in [1.54, 1.807) is 11.3 Å². The lowest BCUT2D eigenvalue weighted by Gasteiger charge is -2.21. The molecule has 1 aliphatic heterocycles. The van der Waals surface area contributed by atoms with Gasteiger partial charge in [-0.2, -0.15) is 0 Å². The Morgan fingerprint density at radius 2 is 2.11 bits per heavy atom. The maximum absolute atomic E-state index is 12.7. The summed E-state index contributed by atoms with van der Waals surface area (Å²) in [6, 6.07) is 10.6. The van der Waals surface area contributed by atoms with E-state index in [-0.39, 0.29) is 12.0 Å². The number of amides is 1. The monoisotopic (exact) mass is 395 g/mol. The second kappa shape index (κ2) is 7.48. The van der Waals surface area contributed by atoms with Crippen molar-refractivity contribution in [2.45, 2.75) is 44.1 Å². The summed E-state index contributed by atoms with van der Waals surface area (Å²) in [5.74, 6) is 0.741. The molecule has 3 aromatic rings. The van der Waals surface area contributed by atoms with Gasteiger partial charge in [-0.25, -0.2) is 9.97 Å². The van der Waals surface area contributed by atoms with Gasteiger partial charge in [-0.3, -0.25) is 10.1 Å². The average molecular weight is 395 g/mol. The van der Waals surface area contributed by atoms with Crippen LogP contribution in [0.1, 0.15) is 63.7 Å². The number of carbonyl (C=O) groups excluding carboxylic acids is 1. The fourth-order valence-corrected chi connectivity index (χ4v) is 5.12. The molecule has 2 atom stereocenters. The third-order valence-electron chi connectivity index (χ3n) is 5.46. The highest BCUT2D eigenvalue weighted by Gasteiger charge is 2.29. The van der Waals surface area contributed by atoms with E-state index in [4.69, 9.17) is 9.15 Å². The molecule has 0 unspecified atom stereocenters. The summed E-state index contributed by atoms with van der Waals surface area (Å²) in [6.07, 6.45) is 5.93. The Kier molecular flexibility index (Phi) is 4.70. The van der Waals surface area contributed by atoms with E-state index < -0.39 is 0 Å². The molecule has 1 aliphatic carbocycles. The number of fused-ring (bicyclic) bond motifs is 1. The molecule has 144 valence electrons. The third kappa shape index (κ3) is 3.36. The van der Waals surface area contributed by atoms with E-state index in [1.165, 1.54) is 16.8 Å². The standard InChI is InChI=1S/C21H21N3O3S/c25-20(18-19(27-12-22-18)16-7-4-10-26-16)24-21-23-15-9-8-14(11-17(15)28-21)13-5-2-1-3-6-13/h1-3,5-6,12,14,16H,4,7-11H2,(H,23,24,25)/t14-,16+/m0/s1. The van der Waals surface area contributed by atoms with Crippen molar-refractivity contribution in [3.8, 4) is 0 Å². The lowest BCUT2D eigenvalue weighted by molar-refractivity contribution is 0.0889. The first kappa shape index (κ1) is 17.6. The van der Waals surface area contributed by atoms with Gasteiger partial charge in [-0.05, 0) is 43.6 Å². The minimum absolute atomic E-state index is 0.181. The third-order valence-corrected chi connectivity index (χ3v) is 6.50. The van der Waals surface area contributed by atoms with Crippen LogP contribution in [-0.2, 0) is 17.6 Å². The number of hydrogen-bond donors (Lipinski definition) is 1. The van der Waals surface area contributed by atoms with Crippen LogP contribution in [0.25, 0.3) is 0 Å². The molecule has 1 saturated heterocycles. The molecule has 1 amide bonds. The Labute approximate surface area is 167 Å². The van der Waals surface area contributed by atoms with E-state index in [1.807, 2.05) is 6.07 Å². The highest BCUT2D eigenvalue weighted by atomic mass is 32.1. The zero-order valence-electron chi connectivity index (χ0n) is 15.4. The lowest BCUT2D eigenvalue weighted by atomic mass is 9.85. The van der Waals surface area contributed by atoms with Crippen molar-refractivity contribution in [3.63, 3.8) is 0 Å². The zero-order chi connectivity index (χ0) is 18.9. The Bertz CT molecular complexity index is 976. The van der Waals surface area contributed by atoms with E-state index in [0.29, 0.717) is 29.1 Å². The number of oxazole rings is 1. The first-order valence-corrected chi connectivity index (χ1v) is 10.5. The number of anilines is 1. The van der Waals surface area contributed by atoms with Crippen LogP contribution in [0.2, 0.25) is 0 Å². The van der Waals surface area contributed by atoms with Gasteiger partial charge in [-0.15, -0.1) is 11.3 Å². The number of aromatic nitrogens is 2. The van der Waals surface area contributed by atoms with Gasteiger partial charge in [0.25, 0.3) is 5.91 Å². The van der Waals surface area contributed by atoms with Gasteiger partial charge < -0.3 is 9.15 Å². The highest BCUT2D eigenvalue weighted by molar-refractivity contribution is 7.15. The molecule has 7 heteroatoms. The summed E-state index contributed by atoms with van der Waals surface area (Å²) in [4.78, 5) is 22.7. The van der Waals surface area contributed by atoms with Crippen molar-refractivity contribution in [1.29, 1.82) is 0 Å². The maximum atomic E-state index is 12.7. The minimum atomic E-state index is -0.287. The van der Waals surface area contributed by atoms with Gasteiger partial charge in [0.2, 0.25) is 0 Å². The van der Waals surface area contributed by atoms with Crippen LogP contribution in [0, 0.1) is 0 Å². The van der Waals surface area contributed by atoms with Crippen molar-refractivity contribution in [3.05, 3.63) is 64.3 Å². The molecular formula is C21H21N3O3S. The molecule has 1 aromatic carbocycles. The van der Waals surface area contributed by atoms with Crippen LogP contribution in [0.4, 0.5) is 5.13 Å². The van der Waals surface area contributed by atoms with Crippen molar-refractivity contribution >= 4 is 22.4 Å². The number of thiazole rings is 1. The quantitative estimate of drug-likeness (QED) is 0.703. The molecule has 6 nitrogen and oxygen atoms in total. The Hall–Kier alpha value is -2.51. The van der Waals surface area contributed by atoms with Crippen LogP contribution in [0.3, 0.4) is 0 Å². The lowest BCUT2D eigenvalue weighted by Crippen LogP contribution is -2.15. The average Bonchev–Trinajstić information content (AvgIpc) is 3.47. The van der Waals surface area contributed by atoms with Gasteiger partial charge in [0.05, 0.1) is 5.69 Å². The molecule has 28 heavy (non-hydrogen) atoms. The number of carbonyl (C=O) groups is 1. The predicted octanol–water partition coefficient (Wildman–Crippen LogP) is 4.51. The van der Waals surface area contributed by atoms with Crippen LogP contribution in [0.15, 0.2) is 41.1 Å². The topological polar surface area (TPSA) is 77.3 Å². The molecule has 2 aliphatic rings. The maximum Gasteiger partial charge on any atom is 0.279 e. The van der Waals surface area contributed by atoms with Gasteiger partial charge in [0.15, 0.2) is 23.0 Å². The Morgan fingerprint density at radius 1 is 1.21 bits per heavy atom. The van der Waals surface area contributed by atoms with Crippen LogP contribution < -0.4 is 5.32 Å². The Balaban J connectivity index is 1.31. The van der Waals surface area contributed by atoms with Gasteiger partial charge >= 0.3 is 0 Å². The molecular weight excluding hydrogens is 374 g/mol. The van der Waals surface area contributed by atoms with E-state index in [2.05, 4.69) is 39.6 Å². The SMILES string of the molecule is O=C(Nc1nc2c(s1)C[C@@H](c1ccccc1)CC2)c1ncoc1[C@H]1CCCO1. The smallest absolute Gasteiger partial charge is 0.279 e. The summed E-state index contributed by atoms with van der Waals surface area (Å²) in [7, 11) is 0. The zero-order valence-corrected chi connectivity index (χ0v) is 16.2. The number of aryl methyl sites for hydroxylation is 1. The van der Waals surface area contributed by atoms with Crippen molar-refractivity contribution in [2.75, 3.05) is 11.9 Å². The number of benzene rings is 1. The molecule has 5 rings (SSSR count). The largest absolute Gasteiger partial charge is 0.445 e. The summed E-state index contributed by atoms with van der Waals surface area (Å²) < 4.78 is 11.1. The molecule has 0 spiro atoms. The molecule has 0 radical (unpaired) electrons. The second-order valence-electron chi connectivity index (χ2n) is 7.26. The first-order valence-electron chi connectivity index (χ1n) is 9.68. The summed E-state index contributed by atoms with van der Waals surface area (Å²) in [5.41, 5.74) is 2.77. The molecule has 3 heterocycles. The number of nitrogens with one attached hydrogen (secondary N) is 1. The molecule has 1 N–H and O–H groups in total. The normalized spacial score (nSPS) is 21.4. The summed E-state index contributed by atoms with van der Waals surface area (Å²) in [6.45, 7) is 0.689. The van der Waals surface area contributed by atoms with Crippen LogP contribution in [-0.4, -0.2) is 22.5 Å². The number of hydrogen-bond acceptors (Lipinski definition) is 6. The fourth-order valence-electron chi connectivity index (χ4n) is 4.03. The van der Waals surface area contributed by atoms with Crippen molar-refractivity contribution < 1.29 is 13.9 Å². The summed E-state index contributed by atoms with van der Waals surface area (Å²) in [5, 5.41) is 3.54. The number of nitrogens with zero attached hydrogens (tertiary/aromatic N) is 2. The molecule has 0 saturated carbocycles. The van der Waals surface area contributed by atoms with Crippen molar-refractivity contribution in [2.24, 2.45) is 0 Å². The second-order valence-corrected chi connectivity index (χ2v) is 8.34.